The van der Waals surface area contributed by atoms with Gasteiger partial charge in [0.05, 0.1) is 5.56 Å². The number of nitrogens with one attached hydrogen (secondary N) is 1. The number of thiazole rings is 1. The third kappa shape index (κ3) is 6.56. The Labute approximate surface area is 263 Å². The number of nitrogen functional groups attached to an aromatic ring is 1. The van der Waals surface area contributed by atoms with Gasteiger partial charge in [-0.2, -0.15) is 0 Å². The molecular weight excluding hydrogens is 629 g/mol. The molecule has 0 bridgehead atoms. The third-order valence-corrected chi connectivity index (χ3v) is 9.79. The number of aromatic nitrogens is 2. The Balaban J connectivity index is 1.24. The van der Waals surface area contributed by atoms with Crippen molar-refractivity contribution in [1.82, 2.24) is 15.2 Å². The zero-order chi connectivity index (χ0) is 31.4. The number of oxime groups is 1. The first kappa shape index (κ1) is 31.0. The Bertz CT molecular complexity index is 1670. The van der Waals surface area contributed by atoms with Crippen LogP contribution >= 0.6 is 34.9 Å². The van der Waals surface area contributed by atoms with Gasteiger partial charge in [0.25, 0.3) is 11.8 Å². The number of thioether (sulfide) groups is 2. The maximum atomic E-state index is 13.1. The number of nitrogens with zero attached hydrogens (tertiary/aromatic N) is 4. The van der Waals surface area contributed by atoms with Gasteiger partial charge in [-0.25, -0.2) is 19.1 Å². The molecule has 2 amide bonds. The molecule has 44 heavy (non-hydrogen) atoms. The van der Waals surface area contributed by atoms with E-state index < -0.39 is 35.2 Å². The van der Waals surface area contributed by atoms with Crippen molar-refractivity contribution in [1.29, 1.82) is 0 Å². The lowest BCUT2D eigenvalue weighted by Crippen LogP contribution is -2.71. The Morgan fingerprint density at radius 1 is 1.20 bits per heavy atom. The summed E-state index contributed by atoms with van der Waals surface area (Å²) in [7, 11) is 0. The number of hydrogen-bond donors (Lipinski definition) is 4. The predicted octanol–water partition coefficient (Wildman–Crippen LogP) is 2.03. The zero-order valence-corrected chi connectivity index (χ0v) is 25.7. The summed E-state index contributed by atoms with van der Waals surface area (Å²) in [6.07, 6.45) is 3.66. The van der Waals surface area contributed by atoms with Crippen molar-refractivity contribution in [3.8, 4) is 0 Å². The number of aromatic carboxylic acids is 1. The summed E-state index contributed by atoms with van der Waals surface area (Å²) in [5.41, 5.74) is 7.20. The fourth-order valence-electron chi connectivity index (χ4n) is 4.61. The normalized spacial score (nSPS) is 18.0. The molecule has 228 valence electrons. The molecule has 16 heteroatoms. The summed E-state index contributed by atoms with van der Waals surface area (Å²) in [5.74, 6) is -2.73. The molecule has 0 unspecified atom stereocenters. The lowest BCUT2D eigenvalue weighted by atomic mass is 10.0. The van der Waals surface area contributed by atoms with Crippen molar-refractivity contribution in [3.05, 3.63) is 82.3 Å². The Morgan fingerprint density at radius 2 is 1.95 bits per heavy atom. The van der Waals surface area contributed by atoms with Crippen molar-refractivity contribution >= 4 is 69.5 Å². The maximum absolute atomic E-state index is 13.1. The highest BCUT2D eigenvalue weighted by atomic mass is 32.2. The van der Waals surface area contributed by atoms with Crippen molar-refractivity contribution < 1.29 is 38.8 Å². The minimum absolute atomic E-state index is 0.0801. The summed E-state index contributed by atoms with van der Waals surface area (Å²) in [6.45, 7) is 2.29. The first-order valence-electron chi connectivity index (χ1n) is 13.2. The molecule has 4 heterocycles. The minimum Gasteiger partial charge on any atom is -0.478 e. The van der Waals surface area contributed by atoms with E-state index in [0.717, 1.165) is 16.2 Å². The number of carbonyl (C=O) groups is 4. The molecule has 2 aliphatic rings. The molecule has 13 nitrogen and oxygen atoms in total. The van der Waals surface area contributed by atoms with Crippen LogP contribution in [0.5, 0.6) is 0 Å². The van der Waals surface area contributed by atoms with Crippen LogP contribution in [0.2, 0.25) is 0 Å². The van der Waals surface area contributed by atoms with E-state index in [1.54, 1.807) is 36.6 Å². The molecule has 1 saturated heterocycles. The van der Waals surface area contributed by atoms with E-state index in [1.165, 1.54) is 28.4 Å². The van der Waals surface area contributed by atoms with Gasteiger partial charge in [-0.05, 0) is 18.6 Å². The van der Waals surface area contributed by atoms with E-state index in [4.69, 9.17) is 10.6 Å². The monoisotopic (exact) mass is 655 g/mol. The SMILES string of the molecule is CCO/N=C(\C(=O)N[C@@H]1C(=O)N2C(C(=O)O)=C(CSc3cc[n+](Cc4ccccc4C(=O)O)cc3)CS[C@H]12)c1csc(N)n1. The van der Waals surface area contributed by atoms with Gasteiger partial charge in [0.15, 0.2) is 29.8 Å². The summed E-state index contributed by atoms with van der Waals surface area (Å²) in [4.78, 5) is 61.2. The van der Waals surface area contributed by atoms with Crippen LogP contribution in [-0.2, 0) is 25.8 Å². The molecular formula is C28H27N6O7S3+. The molecule has 1 aromatic carbocycles. The van der Waals surface area contributed by atoms with Gasteiger partial charge in [-0.15, -0.1) is 34.9 Å². The molecule has 1 fully saturated rings. The molecule has 0 radical (unpaired) electrons. The molecule has 0 saturated carbocycles. The van der Waals surface area contributed by atoms with Crippen LogP contribution < -0.4 is 15.6 Å². The molecule has 2 atom stereocenters. The quantitative estimate of drug-likeness (QED) is 0.0735. The minimum atomic E-state index is -1.22. The third-order valence-electron chi connectivity index (χ3n) is 6.68. The van der Waals surface area contributed by atoms with E-state index in [0.29, 0.717) is 29.2 Å². The van der Waals surface area contributed by atoms with Gasteiger partial charge in [-0.1, -0.05) is 23.4 Å². The summed E-state index contributed by atoms with van der Waals surface area (Å²) >= 11 is 3.92. The number of carboxylic acids is 2. The van der Waals surface area contributed by atoms with Crippen LogP contribution in [-0.4, -0.2) is 79.1 Å². The van der Waals surface area contributed by atoms with Crippen molar-refractivity contribution in [3.63, 3.8) is 0 Å². The van der Waals surface area contributed by atoms with E-state index in [9.17, 15) is 29.4 Å². The van der Waals surface area contributed by atoms with Gasteiger partial charge in [0.2, 0.25) is 0 Å². The van der Waals surface area contributed by atoms with Gasteiger partial charge in [-0.3, -0.25) is 14.5 Å². The Morgan fingerprint density at radius 3 is 2.61 bits per heavy atom. The number of carbonyl (C=O) groups excluding carboxylic acids is 2. The average Bonchev–Trinajstić information content (AvgIpc) is 3.44. The molecule has 5 N–H and O–H groups in total. The molecule has 0 aliphatic carbocycles. The zero-order valence-electron chi connectivity index (χ0n) is 23.2. The second-order valence-electron chi connectivity index (χ2n) is 9.50. The largest absolute Gasteiger partial charge is 0.478 e. The number of carboxylic acid groups (broad SMARTS) is 2. The van der Waals surface area contributed by atoms with E-state index in [-0.39, 0.29) is 34.4 Å². The average molecular weight is 656 g/mol. The molecule has 3 aromatic rings. The van der Waals surface area contributed by atoms with Gasteiger partial charge < -0.3 is 26.1 Å². The van der Waals surface area contributed by atoms with Crippen molar-refractivity contribution in [2.45, 2.75) is 29.8 Å². The van der Waals surface area contributed by atoms with Crippen LogP contribution in [0.15, 0.2) is 75.5 Å². The van der Waals surface area contributed by atoms with Crippen LogP contribution in [0.4, 0.5) is 5.13 Å². The highest BCUT2D eigenvalue weighted by molar-refractivity contribution is 8.01. The number of hydrogen-bond acceptors (Lipinski definition) is 11. The first-order chi connectivity index (χ1) is 21.2. The topological polar surface area (TPSA) is 188 Å². The number of fused-ring (bicyclic) bond motifs is 1. The molecule has 0 spiro atoms. The highest BCUT2D eigenvalue weighted by Gasteiger charge is 2.54. The lowest BCUT2D eigenvalue weighted by molar-refractivity contribution is -0.688. The number of rotatable bonds is 12. The fourth-order valence-corrected chi connectivity index (χ4v) is 7.53. The second kappa shape index (κ2) is 13.5. The van der Waals surface area contributed by atoms with Crippen LogP contribution in [0, 0.1) is 0 Å². The Kier molecular flexibility index (Phi) is 9.51. The second-order valence-corrected chi connectivity index (χ2v) is 12.5. The van der Waals surface area contributed by atoms with Crippen LogP contribution in [0.1, 0.15) is 28.5 Å². The maximum Gasteiger partial charge on any atom is 0.352 e. The molecule has 2 aromatic heterocycles. The number of amides is 2. The number of aliphatic carboxylic acids is 1. The standard InChI is InChI=1S/C28H26N6O7S3/c1-2-41-32-20(19-14-44-28(29)30-19)23(35)31-21-24(36)34-22(27(39)40)16(13-43-25(21)34)12-42-17-7-9-33(10-8-17)11-15-5-3-4-6-18(15)26(37)38/h3-10,14,21,25H,2,11-13H2,1H3,(H4-,29,30,31,35,37,38,39,40)/p+1/b32-20-/t21-,25-/m1/s1. The highest BCUT2D eigenvalue weighted by Crippen LogP contribution is 2.41. The number of β-lactam (4-membered cyclic amide) rings is 1. The van der Waals surface area contributed by atoms with Crippen LogP contribution in [0.25, 0.3) is 0 Å². The van der Waals surface area contributed by atoms with Gasteiger partial charge >= 0.3 is 11.9 Å². The van der Waals surface area contributed by atoms with Crippen LogP contribution in [0.3, 0.4) is 0 Å². The predicted molar refractivity (Wildman–Crippen MR) is 164 cm³/mol. The number of nitrogens with two attached hydrogens (primary N) is 1. The summed E-state index contributed by atoms with van der Waals surface area (Å²) in [5, 5.41) is 27.2. The lowest BCUT2D eigenvalue weighted by Gasteiger charge is -2.49. The summed E-state index contributed by atoms with van der Waals surface area (Å²) < 4.78 is 1.86. The van der Waals surface area contributed by atoms with Crippen molar-refractivity contribution in [2.24, 2.45) is 5.16 Å². The van der Waals surface area contributed by atoms with Gasteiger partial charge in [0.1, 0.15) is 29.4 Å². The Hall–Kier alpha value is -4.41. The van der Waals surface area contributed by atoms with E-state index >= 15 is 0 Å². The van der Waals surface area contributed by atoms with Gasteiger partial charge in [0, 0.05) is 39.5 Å². The number of pyridine rings is 1. The first-order valence-corrected chi connectivity index (χ1v) is 16.1. The molecule has 5 rings (SSSR count). The smallest absolute Gasteiger partial charge is 0.352 e. The number of anilines is 1. The summed E-state index contributed by atoms with van der Waals surface area (Å²) in [6, 6.07) is 9.59. The number of benzene rings is 1. The molecule has 2 aliphatic heterocycles. The van der Waals surface area contributed by atoms with E-state index in [2.05, 4.69) is 15.5 Å². The van der Waals surface area contributed by atoms with Crippen molar-refractivity contribution in [2.75, 3.05) is 23.8 Å². The van der Waals surface area contributed by atoms with E-state index in [1.807, 2.05) is 29.1 Å². The fraction of sp³-hybridized carbons (Fsp3) is 0.250.